The molecule has 10 aromatic carbocycles. The first kappa shape index (κ1) is 51.6. The summed E-state index contributed by atoms with van der Waals surface area (Å²) in [5.41, 5.74) is 12.5. The number of aromatic nitrogens is 2. The van der Waals surface area contributed by atoms with Gasteiger partial charge in [-0.2, -0.15) is 31.6 Å². The lowest BCUT2D eigenvalue weighted by atomic mass is 9.89. The molecule has 2 aromatic heterocycles. The number of hydrogen-bond donors (Lipinski definition) is 0. The van der Waals surface area contributed by atoms with Crippen LogP contribution in [0.3, 0.4) is 0 Å². The van der Waals surface area contributed by atoms with E-state index in [1.807, 2.05) is 128 Å². The highest BCUT2D eigenvalue weighted by molar-refractivity contribution is 6.14. The number of aryl methyl sites for hydroxylation is 8. The molecule has 0 aliphatic heterocycles. The first-order valence-corrected chi connectivity index (χ1v) is 26.5. The molecule has 3 nitrogen and oxygen atoms in total. The molecule has 12 aromatic rings. The monoisotopic (exact) mass is 1060 g/mol. The van der Waals surface area contributed by atoms with Crippen molar-refractivity contribution < 1.29 is 26.3 Å². The van der Waals surface area contributed by atoms with E-state index < -0.39 is 29.0 Å². The minimum atomic E-state index is -5.28. The van der Waals surface area contributed by atoms with Crippen molar-refractivity contribution in [2.45, 2.75) is 67.7 Å². The third-order valence-corrected chi connectivity index (χ3v) is 15.4. The van der Waals surface area contributed by atoms with Crippen LogP contribution in [0.4, 0.5) is 26.3 Å². The molecule has 9 heteroatoms. The van der Waals surface area contributed by atoms with Crippen LogP contribution < -0.4 is 0 Å². The summed E-state index contributed by atoms with van der Waals surface area (Å²) in [6.07, 6.45) is -10.6. The van der Waals surface area contributed by atoms with E-state index in [1.54, 1.807) is 9.13 Å². The van der Waals surface area contributed by atoms with Crippen molar-refractivity contribution in [3.63, 3.8) is 0 Å². The van der Waals surface area contributed by atoms with Crippen LogP contribution in [0.2, 0.25) is 0 Å². The van der Waals surface area contributed by atoms with Crippen LogP contribution >= 0.6 is 0 Å². The van der Waals surface area contributed by atoms with Gasteiger partial charge in [0.05, 0.1) is 56.2 Å². The van der Waals surface area contributed by atoms with Crippen LogP contribution in [0, 0.1) is 66.7 Å². The largest absolute Gasteiger partial charge is 0.417 e. The molecule has 0 atom stereocenters. The second kappa shape index (κ2) is 19.1. The Bertz CT molecular complexity index is 4040. The van der Waals surface area contributed by atoms with Crippen molar-refractivity contribution in [1.82, 2.24) is 9.13 Å². The zero-order chi connectivity index (χ0) is 56.3. The Hall–Kier alpha value is -9.13. The average molecular weight is 1060 g/mol. The van der Waals surface area contributed by atoms with Gasteiger partial charge in [0.25, 0.3) is 0 Å². The molecule has 0 aliphatic rings. The normalized spacial score (nSPS) is 12.1. The van der Waals surface area contributed by atoms with E-state index in [4.69, 9.17) is 0 Å². The summed E-state index contributed by atoms with van der Waals surface area (Å²) in [5.74, 6) is 0. The number of fused-ring (bicyclic) bond motifs is 6. The number of hydrogen-bond acceptors (Lipinski definition) is 1. The van der Waals surface area contributed by atoms with E-state index in [2.05, 4.69) is 78.9 Å². The topological polar surface area (TPSA) is 33.6 Å². The van der Waals surface area contributed by atoms with Crippen molar-refractivity contribution in [1.29, 1.82) is 5.26 Å². The molecular formula is C71H53F6N3. The summed E-state index contributed by atoms with van der Waals surface area (Å²) < 4.78 is 101. The predicted molar refractivity (Wildman–Crippen MR) is 315 cm³/mol. The maximum Gasteiger partial charge on any atom is 0.417 e. The number of halogens is 6. The third kappa shape index (κ3) is 9.08. The van der Waals surface area contributed by atoms with E-state index in [0.29, 0.717) is 43.6 Å². The van der Waals surface area contributed by atoms with E-state index in [1.165, 1.54) is 12.1 Å². The highest BCUT2D eigenvalue weighted by Crippen LogP contribution is 2.51. The fraction of sp³-hybridized carbons (Fsp3) is 0.141. The van der Waals surface area contributed by atoms with Crippen molar-refractivity contribution in [3.8, 4) is 73.1 Å². The van der Waals surface area contributed by atoms with Gasteiger partial charge in [0.1, 0.15) is 0 Å². The van der Waals surface area contributed by atoms with Crippen LogP contribution in [0.1, 0.15) is 61.2 Å². The molecule has 0 saturated heterocycles. The molecule has 0 bridgehead atoms. The van der Waals surface area contributed by atoms with Gasteiger partial charge in [-0.1, -0.05) is 172 Å². The number of nitriles is 1. The molecule has 0 saturated carbocycles. The maximum atomic E-state index is 16.2. The number of benzene rings is 10. The molecule has 0 aliphatic carbocycles. The number of rotatable bonds is 7. The standard InChI is InChI=1S/C71H53F6N3/c1-39-20-40(2)25-52(24-39)48-12-16-56-57-17-13-49(53-26-41(3)21-42(4)27-53)35-63(57)79(62(56)34-48)66-32-47(38-78)33-67(69(66)68-60(70(72,73)74)10-9-11-61(68)71(75,76)77)80-64-36-50(54-28-43(5)22-44(6)29-54)14-18-58(64)59-19-15-51(37-65(59)80)55-30-45(7)23-46(8)31-55/h9-37H,1-8H3. The average Bonchev–Trinajstić information content (AvgIpc) is 3.95. The molecule has 12 rings (SSSR count). The van der Waals surface area contributed by atoms with Gasteiger partial charge < -0.3 is 9.13 Å². The molecular weight excluding hydrogens is 1010 g/mol. The van der Waals surface area contributed by atoms with Crippen LogP contribution in [-0.2, 0) is 12.4 Å². The summed E-state index contributed by atoms with van der Waals surface area (Å²) in [6.45, 7) is 16.0. The third-order valence-electron chi connectivity index (χ3n) is 15.4. The van der Waals surface area contributed by atoms with E-state index in [9.17, 15) is 5.26 Å². The van der Waals surface area contributed by atoms with Crippen LogP contribution in [0.5, 0.6) is 0 Å². The zero-order valence-electron chi connectivity index (χ0n) is 45.4. The second-order valence-corrected chi connectivity index (χ2v) is 21.8. The Morgan fingerprint density at radius 1 is 0.312 bits per heavy atom. The summed E-state index contributed by atoms with van der Waals surface area (Å²) in [4.78, 5) is 0. The predicted octanol–water partition coefficient (Wildman–Crippen LogP) is 20.6. The fourth-order valence-electron chi connectivity index (χ4n) is 12.4. The Labute approximate surface area is 460 Å². The number of nitrogens with zero attached hydrogens (tertiary/aromatic N) is 3. The van der Waals surface area contributed by atoms with Crippen molar-refractivity contribution in [2.24, 2.45) is 0 Å². The lowest BCUT2D eigenvalue weighted by molar-refractivity contribution is -0.142. The Balaban J connectivity index is 1.32. The highest BCUT2D eigenvalue weighted by atomic mass is 19.4. The first-order valence-electron chi connectivity index (χ1n) is 26.5. The first-order chi connectivity index (χ1) is 38.1. The van der Waals surface area contributed by atoms with Crippen LogP contribution in [0.25, 0.3) is 111 Å². The van der Waals surface area contributed by atoms with Crippen molar-refractivity contribution in [3.05, 3.63) is 237 Å². The SMILES string of the molecule is Cc1cc(C)cc(-c2ccc3c4ccc(-c5cc(C)cc(C)c5)cc4n(-c4cc(C#N)cc(-n5c6cc(-c7cc(C)cc(C)c7)ccc6c6ccc(-c7cc(C)cc(C)c7)cc65)c4-c4c(C(F)(F)F)cccc4C(F)(F)F)c3c2)c1. The molecule has 0 radical (unpaired) electrons. The van der Waals surface area contributed by atoms with Gasteiger partial charge >= 0.3 is 12.4 Å². The van der Waals surface area contributed by atoms with Gasteiger partial charge in [-0.25, -0.2) is 0 Å². The fourth-order valence-corrected chi connectivity index (χ4v) is 12.4. The Kier molecular flexibility index (Phi) is 12.3. The smallest absolute Gasteiger partial charge is 0.308 e. The molecule has 80 heavy (non-hydrogen) atoms. The number of alkyl halides is 6. The van der Waals surface area contributed by atoms with Gasteiger partial charge in [0.2, 0.25) is 0 Å². The molecule has 0 N–H and O–H groups in total. The Morgan fingerprint density at radius 2 is 0.575 bits per heavy atom. The minimum absolute atomic E-state index is 0.0219. The quantitative estimate of drug-likeness (QED) is 0.146. The van der Waals surface area contributed by atoms with Gasteiger partial charge in [0.15, 0.2) is 0 Å². The summed E-state index contributed by atoms with van der Waals surface area (Å²) in [5, 5.41) is 14.2. The van der Waals surface area contributed by atoms with E-state index in [0.717, 1.165) is 107 Å². The molecule has 0 fully saturated rings. The molecule has 0 amide bonds. The van der Waals surface area contributed by atoms with Crippen LogP contribution in [-0.4, -0.2) is 9.13 Å². The van der Waals surface area contributed by atoms with Gasteiger partial charge in [-0.3, -0.25) is 0 Å². The molecule has 394 valence electrons. The zero-order valence-corrected chi connectivity index (χ0v) is 45.4. The van der Waals surface area contributed by atoms with E-state index in [-0.39, 0.29) is 22.5 Å². The minimum Gasteiger partial charge on any atom is -0.308 e. The van der Waals surface area contributed by atoms with Gasteiger partial charge in [-0.05, 0) is 148 Å². The summed E-state index contributed by atoms with van der Waals surface area (Å²) in [6, 6.07) is 55.8. The molecule has 2 heterocycles. The Morgan fingerprint density at radius 3 is 0.812 bits per heavy atom. The summed E-state index contributed by atoms with van der Waals surface area (Å²) in [7, 11) is 0. The summed E-state index contributed by atoms with van der Waals surface area (Å²) >= 11 is 0. The van der Waals surface area contributed by atoms with Gasteiger partial charge in [0, 0.05) is 32.7 Å². The molecule has 0 spiro atoms. The van der Waals surface area contributed by atoms with Crippen LogP contribution in [0.15, 0.2) is 176 Å². The maximum absolute atomic E-state index is 16.2. The lowest BCUT2D eigenvalue weighted by Crippen LogP contribution is -2.16. The molecule has 0 unspecified atom stereocenters. The highest BCUT2D eigenvalue weighted by Gasteiger charge is 2.43. The van der Waals surface area contributed by atoms with E-state index >= 15 is 26.3 Å². The second-order valence-electron chi connectivity index (χ2n) is 21.8. The van der Waals surface area contributed by atoms with Crippen molar-refractivity contribution >= 4 is 43.6 Å². The van der Waals surface area contributed by atoms with Gasteiger partial charge in [-0.15, -0.1) is 0 Å². The van der Waals surface area contributed by atoms with Crippen molar-refractivity contribution in [2.75, 3.05) is 0 Å². The lowest BCUT2D eigenvalue weighted by Gasteiger charge is -2.26.